The first kappa shape index (κ1) is 17.2. The Labute approximate surface area is 143 Å². The Morgan fingerprint density at radius 2 is 1.96 bits per heavy atom. The Kier molecular flexibility index (Phi) is 4.82. The number of hydrogen-bond acceptors (Lipinski definition) is 6. The number of rotatable bonds is 7. The Morgan fingerprint density at radius 3 is 2.54 bits per heavy atom. The Hall–Kier alpha value is -1.61. The summed E-state index contributed by atoms with van der Waals surface area (Å²) in [6, 6.07) is 0. The molecule has 0 N–H and O–H groups in total. The molecule has 128 valence electrons. The lowest BCUT2D eigenvalue weighted by atomic mass is 10.1. The first-order valence-corrected chi connectivity index (χ1v) is 9.09. The zero-order valence-electron chi connectivity index (χ0n) is 12.4. The van der Waals surface area contributed by atoms with Gasteiger partial charge in [-0.1, -0.05) is 0 Å². The molecule has 4 nitrogen and oxygen atoms in total. The van der Waals surface area contributed by atoms with Gasteiger partial charge >= 0.3 is 6.18 Å². The van der Waals surface area contributed by atoms with Crippen LogP contribution in [0.1, 0.15) is 53.4 Å². The van der Waals surface area contributed by atoms with E-state index in [0.29, 0.717) is 16.6 Å². The minimum Gasteiger partial charge on any atom is -0.292 e. The average Bonchev–Trinajstić information content (AvgIpc) is 3.04. The van der Waals surface area contributed by atoms with E-state index in [9.17, 15) is 22.8 Å². The molecule has 0 bridgehead atoms. The van der Waals surface area contributed by atoms with Gasteiger partial charge in [0, 0.05) is 29.3 Å². The number of nitrogens with zero attached hydrogens (tertiary/aromatic N) is 2. The molecule has 3 rings (SSSR count). The normalized spacial score (nSPS) is 14.8. The molecule has 1 aliphatic carbocycles. The molecule has 24 heavy (non-hydrogen) atoms. The summed E-state index contributed by atoms with van der Waals surface area (Å²) in [5, 5.41) is 3.22. The third-order valence-corrected chi connectivity index (χ3v) is 5.74. The molecule has 0 aliphatic heterocycles. The van der Waals surface area contributed by atoms with Crippen molar-refractivity contribution in [2.24, 2.45) is 0 Å². The predicted octanol–water partition coefficient (Wildman–Crippen LogP) is 4.63. The van der Waals surface area contributed by atoms with Gasteiger partial charge < -0.3 is 0 Å². The number of carbonyl (C=O) groups is 2. The van der Waals surface area contributed by atoms with Crippen LogP contribution in [0.25, 0.3) is 10.0 Å². The molecule has 9 heteroatoms. The number of thiazole rings is 2. The van der Waals surface area contributed by atoms with Crippen LogP contribution in [-0.4, -0.2) is 27.7 Å². The number of ketones is 2. The first-order valence-electron chi connectivity index (χ1n) is 7.40. The van der Waals surface area contributed by atoms with Gasteiger partial charge in [0.2, 0.25) is 5.78 Å². The third-order valence-electron chi connectivity index (χ3n) is 3.60. The molecule has 2 aromatic heterocycles. The van der Waals surface area contributed by atoms with Crippen molar-refractivity contribution in [3.63, 3.8) is 0 Å². The molecular weight excluding hydrogens is 361 g/mol. The largest absolute Gasteiger partial charge is 0.449 e. The Balaban J connectivity index is 1.69. The van der Waals surface area contributed by atoms with E-state index in [1.54, 1.807) is 6.20 Å². The van der Waals surface area contributed by atoms with Crippen molar-refractivity contribution in [3.8, 4) is 10.0 Å². The van der Waals surface area contributed by atoms with Crippen LogP contribution >= 0.6 is 22.7 Å². The van der Waals surface area contributed by atoms with Crippen molar-refractivity contribution in [1.82, 2.24) is 9.97 Å². The fraction of sp³-hybridized carbons (Fsp3) is 0.467. The topological polar surface area (TPSA) is 59.9 Å². The van der Waals surface area contributed by atoms with Crippen molar-refractivity contribution < 1.29 is 22.8 Å². The molecule has 0 unspecified atom stereocenters. The SMILES string of the molecule is O=C(CCCC(=O)C(F)(F)F)c1nc(-c2nccs2)sc1C1CC1. The second-order valence-electron chi connectivity index (χ2n) is 5.54. The molecule has 0 aromatic carbocycles. The quantitative estimate of drug-likeness (QED) is 0.663. The number of hydrogen-bond donors (Lipinski definition) is 0. The van der Waals surface area contributed by atoms with Gasteiger partial charge in [0.1, 0.15) is 5.69 Å². The molecule has 2 aromatic rings. The van der Waals surface area contributed by atoms with E-state index < -0.39 is 18.4 Å². The fourth-order valence-corrected chi connectivity index (χ4v) is 4.18. The van der Waals surface area contributed by atoms with E-state index in [2.05, 4.69) is 9.97 Å². The minimum absolute atomic E-state index is 0.109. The molecule has 0 atom stereocenters. The van der Waals surface area contributed by atoms with E-state index in [1.807, 2.05) is 5.38 Å². The van der Waals surface area contributed by atoms with E-state index >= 15 is 0 Å². The summed E-state index contributed by atoms with van der Waals surface area (Å²) in [6.45, 7) is 0. The number of alkyl halides is 3. The van der Waals surface area contributed by atoms with Crippen molar-refractivity contribution in [3.05, 3.63) is 22.1 Å². The third kappa shape index (κ3) is 3.89. The number of aromatic nitrogens is 2. The maximum absolute atomic E-state index is 12.3. The maximum Gasteiger partial charge on any atom is 0.449 e. The van der Waals surface area contributed by atoms with E-state index in [4.69, 9.17) is 0 Å². The van der Waals surface area contributed by atoms with Crippen LogP contribution in [-0.2, 0) is 4.79 Å². The van der Waals surface area contributed by atoms with Gasteiger partial charge in [0.25, 0.3) is 0 Å². The maximum atomic E-state index is 12.3. The summed E-state index contributed by atoms with van der Waals surface area (Å²) >= 11 is 2.85. The van der Waals surface area contributed by atoms with Crippen LogP contribution in [0.4, 0.5) is 13.2 Å². The monoisotopic (exact) mass is 374 g/mol. The zero-order valence-corrected chi connectivity index (χ0v) is 14.1. The van der Waals surface area contributed by atoms with Gasteiger partial charge in [0.15, 0.2) is 15.8 Å². The van der Waals surface area contributed by atoms with Gasteiger partial charge in [0.05, 0.1) is 0 Å². The molecule has 0 amide bonds. The van der Waals surface area contributed by atoms with Crippen molar-refractivity contribution in [1.29, 1.82) is 0 Å². The van der Waals surface area contributed by atoms with Gasteiger partial charge in [-0.3, -0.25) is 9.59 Å². The number of halogens is 3. The van der Waals surface area contributed by atoms with E-state index in [-0.39, 0.29) is 18.6 Å². The Morgan fingerprint density at radius 1 is 1.21 bits per heavy atom. The van der Waals surface area contributed by atoms with Crippen LogP contribution in [0.15, 0.2) is 11.6 Å². The molecule has 1 fully saturated rings. The van der Waals surface area contributed by atoms with Crippen molar-refractivity contribution >= 4 is 34.2 Å². The summed E-state index contributed by atoms with van der Waals surface area (Å²) in [4.78, 5) is 32.7. The standard InChI is InChI=1S/C15H13F3N2O2S2/c16-15(17,18)10(22)3-1-2-9(21)11-12(8-4-5-8)24-14(20-11)13-19-6-7-23-13/h6-8H,1-5H2. The first-order chi connectivity index (χ1) is 11.4. The van der Waals surface area contributed by atoms with Gasteiger partial charge in [-0.15, -0.1) is 22.7 Å². The lowest BCUT2D eigenvalue weighted by molar-refractivity contribution is -0.171. The highest BCUT2D eigenvalue weighted by Crippen LogP contribution is 2.46. The van der Waals surface area contributed by atoms with Gasteiger partial charge in [-0.05, 0) is 25.2 Å². The molecule has 0 spiro atoms. The second-order valence-corrected chi connectivity index (χ2v) is 7.47. The average molecular weight is 374 g/mol. The second kappa shape index (κ2) is 6.72. The van der Waals surface area contributed by atoms with Crippen LogP contribution < -0.4 is 0 Å². The minimum atomic E-state index is -4.83. The predicted molar refractivity (Wildman–Crippen MR) is 84.4 cm³/mol. The number of carbonyl (C=O) groups excluding carboxylic acids is 2. The highest BCUT2D eigenvalue weighted by molar-refractivity contribution is 7.20. The number of Topliss-reactive ketones (excluding diaryl/α,β-unsaturated/α-hetero) is 2. The summed E-state index contributed by atoms with van der Waals surface area (Å²) < 4.78 is 36.6. The van der Waals surface area contributed by atoms with Crippen LogP contribution in [0.3, 0.4) is 0 Å². The molecule has 2 heterocycles. The van der Waals surface area contributed by atoms with Gasteiger partial charge in [-0.2, -0.15) is 13.2 Å². The van der Waals surface area contributed by atoms with Crippen LogP contribution in [0.2, 0.25) is 0 Å². The fourth-order valence-electron chi connectivity index (χ4n) is 2.24. The van der Waals surface area contributed by atoms with Gasteiger partial charge in [-0.25, -0.2) is 9.97 Å². The van der Waals surface area contributed by atoms with E-state index in [0.717, 1.165) is 22.7 Å². The zero-order chi connectivity index (χ0) is 17.3. The molecule has 0 radical (unpaired) electrons. The molecule has 0 saturated heterocycles. The summed E-state index contributed by atoms with van der Waals surface area (Å²) in [5.41, 5.74) is 0.340. The van der Waals surface area contributed by atoms with E-state index in [1.165, 1.54) is 22.7 Å². The van der Waals surface area contributed by atoms with Crippen LogP contribution in [0.5, 0.6) is 0 Å². The molecule has 1 aliphatic rings. The van der Waals surface area contributed by atoms with Crippen molar-refractivity contribution in [2.45, 2.75) is 44.2 Å². The lowest BCUT2D eigenvalue weighted by Gasteiger charge is -2.04. The summed E-state index contributed by atoms with van der Waals surface area (Å²) in [5.74, 6) is -1.78. The lowest BCUT2D eigenvalue weighted by Crippen LogP contribution is -2.22. The summed E-state index contributed by atoms with van der Waals surface area (Å²) in [6.07, 6.45) is -2.09. The smallest absolute Gasteiger partial charge is 0.292 e. The highest BCUT2D eigenvalue weighted by Gasteiger charge is 2.37. The highest BCUT2D eigenvalue weighted by atomic mass is 32.1. The molecular formula is C15H13F3N2O2S2. The van der Waals surface area contributed by atoms with Crippen LogP contribution in [0, 0.1) is 0 Å². The van der Waals surface area contributed by atoms with Crippen molar-refractivity contribution in [2.75, 3.05) is 0 Å². The summed E-state index contributed by atoms with van der Waals surface area (Å²) in [7, 11) is 0. The Bertz CT molecular complexity index is 749. The molecule has 1 saturated carbocycles.